The Morgan fingerprint density at radius 1 is 1.22 bits per heavy atom. The number of nitrogens with two attached hydrogens (primary N) is 1. The van der Waals surface area contributed by atoms with Crippen LogP contribution in [-0.2, 0) is 4.74 Å². The third kappa shape index (κ3) is 4.18. The van der Waals surface area contributed by atoms with Gasteiger partial charge >= 0.3 is 12.1 Å². The number of carbonyl (C=O) groups excluding carboxylic acids is 1. The lowest BCUT2D eigenvalue weighted by atomic mass is 10.1. The van der Waals surface area contributed by atoms with Gasteiger partial charge in [0.2, 0.25) is 5.95 Å². The van der Waals surface area contributed by atoms with Gasteiger partial charge in [0.1, 0.15) is 15.5 Å². The van der Waals surface area contributed by atoms with Crippen LogP contribution >= 0.6 is 34.5 Å². The summed E-state index contributed by atoms with van der Waals surface area (Å²) in [4.78, 5) is 20.0. The molecule has 3 rings (SSSR count). The van der Waals surface area contributed by atoms with Gasteiger partial charge in [-0.05, 0) is 18.2 Å². The summed E-state index contributed by atoms with van der Waals surface area (Å²) in [5.41, 5.74) is 6.11. The number of nitrogen functional groups attached to an aromatic ring is 1. The van der Waals surface area contributed by atoms with Gasteiger partial charge in [-0.25, -0.2) is 14.8 Å². The number of carbonyl (C=O) groups is 1. The highest BCUT2D eigenvalue weighted by atomic mass is 35.5. The number of rotatable bonds is 3. The summed E-state index contributed by atoms with van der Waals surface area (Å²) >= 11 is 12.7. The SMILES string of the molecule is Nc1nc(-c2cc(O)c(Cl)cc2Cl)c2cc(C(=O)OCC(F)(F)F)sc2n1. The maximum Gasteiger partial charge on any atom is 0.422 e. The van der Waals surface area contributed by atoms with Crippen LogP contribution in [0.5, 0.6) is 5.75 Å². The van der Waals surface area contributed by atoms with Crippen LogP contribution in [0.25, 0.3) is 21.5 Å². The largest absolute Gasteiger partial charge is 0.506 e. The Morgan fingerprint density at radius 3 is 2.59 bits per heavy atom. The van der Waals surface area contributed by atoms with Crippen molar-refractivity contribution in [3.05, 3.63) is 33.1 Å². The second-order valence-electron chi connectivity index (χ2n) is 5.23. The number of alkyl halides is 3. The minimum Gasteiger partial charge on any atom is -0.506 e. The summed E-state index contributed by atoms with van der Waals surface area (Å²) in [6.07, 6.45) is -4.64. The number of aromatic hydroxyl groups is 1. The van der Waals surface area contributed by atoms with Gasteiger partial charge in [0.25, 0.3) is 0 Å². The van der Waals surface area contributed by atoms with E-state index in [4.69, 9.17) is 28.9 Å². The molecule has 0 atom stereocenters. The normalized spacial score (nSPS) is 11.7. The molecule has 0 bridgehead atoms. The minimum atomic E-state index is -4.64. The highest BCUT2D eigenvalue weighted by Crippen LogP contribution is 2.40. The Labute approximate surface area is 163 Å². The first-order valence-corrected chi connectivity index (χ1v) is 8.61. The number of anilines is 1. The number of hydrogen-bond donors (Lipinski definition) is 2. The Morgan fingerprint density at radius 2 is 1.93 bits per heavy atom. The number of benzene rings is 1. The highest BCUT2D eigenvalue weighted by molar-refractivity contribution is 7.20. The molecular formula is C15H8Cl2F3N3O3S. The summed E-state index contributed by atoms with van der Waals surface area (Å²) in [5, 5.41) is 10.3. The molecule has 2 aromatic heterocycles. The molecule has 0 aliphatic carbocycles. The number of phenolic OH excluding ortho intramolecular Hbond substituents is 1. The first kappa shape index (κ1) is 19.5. The number of aromatic nitrogens is 2. The maximum absolute atomic E-state index is 12.2. The van der Waals surface area contributed by atoms with Crippen LogP contribution in [0.3, 0.4) is 0 Å². The van der Waals surface area contributed by atoms with Crippen molar-refractivity contribution in [3.8, 4) is 17.0 Å². The molecular weight excluding hydrogens is 430 g/mol. The van der Waals surface area contributed by atoms with E-state index >= 15 is 0 Å². The molecule has 27 heavy (non-hydrogen) atoms. The van der Waals surface area contributed by atoms with Gasteiger partial charge < -0.3 is 15.6 Å². The second kappa shape index (κ2) is 7.02. The number of thiophene rings is 1. The van der Waals surface area contributed by atoms with Crippen LogP contribution in [0.1, 0.15) is 9.67 Å². The van der Waals surface area contributed by atoms with Crippen LogP contribution < -0.4 is 5.73 Å². The molecule has 3 N–H and O–H groups in total. The smallest absolute Gasteiger partial charge is 0.422 e. The Balaban J connectivity index is 2.09. The molecule has 0 fully saturated rings. The van der Waals surface area contributed by atoms with Crippen molar-refractivity contribution in [3.63, 3.8) is 0 Å². The number of phenols is 1. The van der Waals surface area contributed by atoms with Crippen LogP contribution in [0.2, 0.25) is 10.0 Å². The van der Waals surface area contributed by atoms with Crippen molar-refractivity contribution in [1.29, 1.82) is 0 Å². The van der Waals surface area contributed by atoms with Gasteiger partial charge in [0.15, 0.2) is 6.61 Å². The van der Waals surface area contributed by atoms with Gasteiger partial charge in [-0.3, -0.25) is 0 Å². The topological polar surface area (TPSA) is 98.3 Å². The number of hydrogen-bond acceptors (Lipinski definition) is 7. The fourth-order valence-electron chi connectivity index (χ4n) is 2.18. The van der Waals surface area contributed by atoms with E-state index in [1.165, 1.54) is 18.2 Å². The lowest BCUT2D eigenvalue weighted by Gasteiger charge is -2.08. The van der Waals surface area contributed by atoms with Crippen molar-refractivity contribution >= 4 is 56.7 Å². The second-order valence-corrected chi connectivity index (χ2v) is 7.08. The van der Waals surface area contributed by atoms with E-state index in [1.54, 1.807) is 0 Å². The molecule has 0 unspecified atom stereocenters. The van der Waals surface area contributed by atoms with E-state index < -0.39 is 18.8 Å². The lowest BCUT2D eigenvalue weighted by molar-refractivity contribution is -0.161. The van der Waals surface area contributed by atoms with Gasteiger partial charge in [0, 0.05) is 10.9 Å². The van der Waals surface area contributed by atoms with Crippen LogP contribution in [0.15, 0.2) is 18.2 Å². The third-order valence-corrected chi connectivity index (χ3v) is 4.89. The predicted octanol–water partition coefficient (Wildman–Crippen LogP) is 4.67. The molecule has 0 aliphatic rings. The summed E-state index contributed by atoms with van der Waals surface area (Å²) in [6.45, 7) is -1.71. The third-order valence-electron chi connectivity index (χ3n) is 3.27. The molecule has 0 spiro atoms. The first-order valence-electron chi connectivity index (χ1n) is 7.04. The highest BCUT2D eigenvalue weighted by Gasteiger charge is 2.30. The van der Waals surface area contributed by atoms with E-state index in [-0.39, 0.29) is 42.7 Å². The average molecular weight is 438 g/mol. The molecule has 0 radical (unpaired) electrons. The fraction of sp³-hybridized carbons (Fsp3) is 0.133. The molecule has 0 saturated heterocycles. The quantitative estimate of drug-likeness (QED) is 0.577. The van der Waals surface area contributed by atoms with E-state index in [0.717, 1.165) is 11.3 Å². The maximum atomic E-state index is 12.2. The molecule has 1 aromatic carbocycles. The Bertz CT molecular complexity index is 1060. The van der Waals surface area contributed by atoms with Gasteiger partial charge in [-0.1, -0.05) is 23.2 Å². The standard InChI is InChI=1S/C15H8Cl2F3N3O3S/c16-7-3-8(17)9(24)1-5(7)11-6-2-10(13(25)26-4-15(18,19)20)27-12(6)23-14(21)22-11/h1-3,24H,4H2,(H2,21,22,23). The van der Waals surface area contributed by atoms with Crippen LogP contribution in [0.4, 0.5) is 19.1 Å². The van der Waals surface area contributed by atoms with E-state index in [2.05, 4.69) is 14.7 Å². The van der Waals surface area contributed by atoms with Crippen molar-refractivity contribution in [2.45, 2.75) is 6.18 Å². The zero-order valence-electron chi connectivity index (χ0n) is 13.0. The number of nitrogens with zero attached hydrogens (tertiary/aromatic N) is 2. The number of fused-ring (bicyclic) bond motifs is 1. The van der Waals surface area contributed by atoms with Gasteiger partial charge in [-0.2, -0.15) is 13.2 Å². The molecule has 12 heteroatoms. The first-order chi connectivity index (χ1) is 12.5. The summed E-state index contributed by atoms with van der Waals surface area (Å²) in [6, 6.07) is 3.82. The lowest BCUT2D eigenvalue weighted by Crippen LogP contribution is -2.19. The van der Waals surface area contributed by atoms with E-state index in [0.29, 0.717) is 5.39 Å². The Kier molecular flexibility index (Phi) is 5.06. The van der Waals surface area contributed by atoms with Crippen molar-refractivity contribution in [1.82, 2.24) is 9.97 Å². The Hall–Kier alpha value is -2.30. The molecule has 2 heterocycles. The monoisotopic (exact) mass is 437 g/mol. The number of halogens is 5. The number of esters is 1. The van der Waals surface area contributed by atoms with Crippen molar-refractivity contribution in [2.24, 2.45) is 0 Å². The predicted molar refractivity (Wildman–Crippen MR) is 95.3 cm³/mol. The zero-order valence-corrected chi connectivity index (χ0v) is 15.3. The number of ether oxygens (including phenoxy) is 1. The fourth-order valence-corrected chi connectivity index (χ4v) is 3.59. The molecule has 142 valence electrons. The molecule has 0 amide bonds. The van der Waals surface area contributed by atoms with Crippen molar-refractivity contribution in [2.75, 3.05) is 12.3 Å². The average Bonchev–Trinajstić information content (AvgIpc) is 2.98. The zero-order chi connectivity index (χ0) is 19.9. The molecule has 6 nitrogen and oxygen atoms in total. The van der Waals surface area contributed by atoms with Crippen molar-refractivity contribution < 1.29 is 27.8 Å². The van der Waals surface area contributed by atoms with Crippen LogP contribution in [-0.4, -0.2) is 33.8 Å². The summed E-state index contributed by atoms with van der Waals surface area (Å²) in [5.74, 6) is -1.58. The minimum absolute atomic E-state index is 0.0174. The van der Waals surface area contributed by atoms with Crippen LogP contribution in [0, 0.1) is 0 Å². The van der Waals surface area contributed by atoms with Gasteiger partial charge in [0.05, 0.1) is 15.7 Å². The molecule has 0 aliphatic heterocycles. The van der Waals surface area contributed by atoms with Gasteiger partial charge in [-0.15, -0.1) is 11.3 Å². The van der Waals surface area contributed by atoms with E-state index in [9.17, 15) is 23.1 Å². The molecule has 0 saturated carbocycles. The summed E-state index contributed by atoms with van der Waals surface area (Å²) < 4.78 is 40.9. The van der Waals surface area contributed by atoms with E-state index in [1.807, 2.05) is 0 Å². The summed E-state index contributed by atoms with van der Waals surface area (Å²) in [7, 11) is 0. The molecule has 3 aromatic rings.